The maximum Gasteiger partial charge on any atom is 0.262 e. The number of nitrogens with zero attached hydrogens (tertiary/aromatic N) is 1. The van der Waals surface area contributed by atoms with Crippen LogP contribution in [0.25, 0.3) is 0 Å². The fourth-order valence-electron chi connectivity index (χ4n) is 2.56. The summed E-state index contributed by atoms with van der Waals surface area (Å²) in [5, 5.41) is 12.2. The average Bonchev–Trinajstić information content (AvgIpc) is 2.53. The minimum absolute atomic E-state index is 0.0206. The van der Waals surface area contributed by atoms with Crippen LogP contribution in [0.3, 0.4) is 0 Å². The first-order valence-electron chi connectivity index (χ1n) is 7.64. The molecule has 0 radical (unpaired) electrons. The Morgan fingerprint density at radius 2 is 1.70 bits per heavy atom. The van der Waals surface area contributed by atoms with Crippen molar-refractivity contribution >= 4 is 43.3 Å². The molecule has 0 bridgehead atoms. The highest BCUT2D eigenvalue weighted by Gasteiger charge is 2.35. The molecule has 130 valence electrons. The summed E-state index contributed by atoms with van der Waals surface area (Å²) in [6.07, 6.45) is 1.90. The summed E-state index contributed by atoms with van der Waals surface area (Å²) in [6.45, 7) is 6.29. The normalized spacial score (nSPS) is 13.1. The van der Waals surface area contributed by atoms with Crippen molar-refractivity contribution in [1.82, 2.24) is 0 Å². The van der Waals surface area contributed by atoms with Crippen molar-refractivity contribution in [2.75, 3.05) is 12.9 Å². The predicted octanol–water partition coefficient (Wildman–Crippen LogP) is 6.05. The SMILES string of the molecule is CC[Si](CC)(CC)OCC(c1c(Cl)cc(SC)cc1Cl)[N+](=O)[O-]. The molecule has 1 aromatic carbocycles. The zero-order valence-corrected chi connectivity index (χ0v) is 17.2. The lowest BCUT2D eigenvalue weighted by Gasteiger charge is -2.28. The molecule has 0 aliphatic carbocycles. The van der Waals surface area contributed by atoms with Crippen LogP contribution in [-0.4, -0.2) is 26.1 Å². The van der Waals surface area contributed by atoms with Gasteiger partial charge in [-0.1, -0.05) is 44.0 Å². The quantitative estimate of drug-likeness (QED) is 0.220. The third-order valence-electron chi connectivity index (χ3n) is 4.36. The van der Waals surface area contributed by atoms with Gasteiger partial charge in [0.2, 0.25) is 0 Å². The highest BCUT2D eigenvalue weighted by molar-refractivity contribution is 7.98. The maximum atomic E-state index is 11.6. The van der Waals surface area contributed by atoms with E-state index in [2.05, 4.69) is 20.8 Å². The summed E-state index contributed by atoms with van der Waals surface area (Å²) in [7, 11) is -1.91. The third kappa shape index (κ3) is 5.10. The molecular formula is C15H23Cl2NO3SSi. The Morgan fingerprint density at radius 1 is 1.22 bits per heavy atom. The van der Waals surface area contributed by atoms with E-state index < -0.39 is 14.4 Å². The Labute approximate surface area is 153 Å². The second-order valence-electron chi connectivity index (χ2n) is 5.36. The van der Waals surface area contributed by atoms with E-state index in [0.29, 0.717) is 15.6 Å². The van der Waals surface area contributed by atoms with Gasteiger partial charge in [0, 0.05) is 9.82 Å². The maximum absolute atomic E-state index is 11.6. The molecule has 0 saturated carbocycles. The van der Waals surface area contributed by atoms with Crippen LogP contribution >= 0.6 is 35.0 Å². The number of thioether (sulfide) groups is 1. The molecule has 1 atom stereocenters. The minimum Gasteiger partial charge on any atom is -0.409 e. The Balaban J connectivity index is 3.12. The number of halogens is 2. The zero-order valence-electron chi connectivity index (χ0n) is 13.9. The van der Waals surface area contributed by atoms with E-state index >= 15 is 0 Å². The minimum atomic E-state index is -1.91. The molecule has 0 N–H and O–H groups in total. The second-order valence-corrected chi connectivity index (χ2v) is 11.8. The van der Waals surface area contributed by atoms with E-state index in [1.807, 2.05) is 6.26 Å². The molecule has 1 rings (SSSR count). The molecule has 4 nitrogen and oxygen atoms in total. The number of hydrogen-bond donors (Lipinski definition) is 0. The summed E-state index contributed by atoms with van der Waals surface area (Å²) in [5.74, 6) is 0. The van der Waals surface area contributed by atoms with Crippen molar-refractivity contribution in [2.24, 2.45) is 0 Å². The predicted molar refractivity (Wildman–Crippen MR) is 101 cm³/mol. The van der Waals surface area contributed by atoms with Crippen LogP contribution in [0.5, 0.6) is 0 Å². The van der Waals surface area contributed by atoms with Crippen molar-refractivity contribution in [1.29, 1.82) is 0 Å². The molecule has 0 saturated heterocycles. The molecule has 1 unspecified atom stereocenters. The van der Waals surface area contributed by atoms with Gasteiger partial charge in [0.25, 0.3) is 6.04 Å². The molecular weight excluding hydrogens is 373 g/mol. The summed E-state index contributed by atoms with van der Waals surface area (Å²) < 4.78 is 6.10. The van der Waals surface area contributed by atoms with Crippen LogP contribution in [0, 0.1) is 10.1 Å². The van der Waals surface area contributed by atoms with E-state index in [9.17, 15) is 10.1 Å². The summed E-state index contributed by atoms with van der Waals surface area (Å²) in [4.78, 5) is 12.1. The molecule has 8 heteroatoms. The van der Waals surface area contributed by atoms with E-state index in [-0.39, 0.29) is 11.5 Å². The number of benzene rings is 1. The first kappa shape index (κ1) is 20.8. The van der Waals surface area contributed by atoms with Crippen LogP contribution in [0.15, 0.2) is 17.0 Å². The summed E-state index contributed by atoms with van der Waals surface area (Å²) in [5.41, 5.74) is 0.349. The molecule has 0 amide bonds. The van der Waals surface area contributed by atoms with Gasteiger partial charge in [-0.2, -0.15) is 0 Å². The molecule has 0 aliphatic rings. The van der Waals surface area contributed by atoms with Crippen LogP contribution in [0.4, 0.5) is 0 Å². The molecule has 0 spiro atoms. The van der Waals surface area contributed by atoms with Crippen molar-refractivity contribution in [3.8, 4) is 0 Å². The monoisotopic (exact) mass is 395 g/mol. The standard InChI is InChI=1S/C15H23Cl2NO3SSi/c1-5-23(6-2,7-3)21-10-14(18(19)20)15-12(16)8-11(22-4)9-13(15)17/h8-9,14H,5-7,10H2,1-4H3. The van der Waals surface area contributed by atoms with Gasteiger partial charge in [-0.15, -0.1) is 11.8 Å². The number of hydrogen-bond acceptors (Lipinski definition) is 4. The molecule has 1 aromatic rings. The van der Waals surface area contributed by atoms with Crippen molar-refractivity contribution in [2.45, 2.75) is 49.8 Å². The fraction of sp³-hybridized carbons (Fsp3) is 0.600. The van der Waals surface area contributed by atoms with Gasteiger partial charge in [-0.25, -0.2) is 0 Å². The Bertz CT molecular complexity index is 524. The lowest BCUT2D eigenvalue weighted by molar-refractivity contribution is -0.531. The van der Waals surface area contributed by atoms with Crippen LogP contribution in [-0.2, 0) is 4.43 Å². The summed E-state index contributed by atoms with van der Waals surface area (Å²) in [6, 6.07) is 5.22. The molecule has 23 heavy (non-hydrogen) atoms. The van der Waals surface area contributed by atoms with Gasteiger partial charge < -0.3 is 4.43 Å². The van der Waals surface area contributed by atoms with E-state index in [0.717, 1.165) is 23.0 Å². The lowest BCUT2D eigenvalue weighted by atomic mass is 10.1. The van der Waals surface area contributed by atoms with Crippen LogP contribution < -0.4 is 0 Å². The smallest absolute Gasteiger partial charge is 0.262 e. The average molecular weight is 396 g/mol. The first-order chi connectivity index (χ1) is 10.8. The van der Waals surface area contributed by atoms with Crippen molar-refractivity contribution in [3.05, 3.63) is 37.9 Å². The van der Waals surface area contributed by atoms with E-state index in [1.165, 1.54) is 11.8 Å². The van der Waals surface area contributed by atoms with Crippen molar-refractivity contribution < 1.29 is 9.35 Å². The third-order valence-corrected chi connectivity index (χ3v) is 10.3. The van der Waals surface area contributed by atoms with Gasteiger partial charge in [-0.3, -0.25) is 10.1 Å². The zero-order chi connectivity index (χ0) is 17.6. The Kier molecular flexibility index (Phi) is 8.37. The molecule has 0 heterocycles. The summed E-state index contributed by atoms with van der Waals surface area (Å²) >= 11 is 14.0. The first-order valence-corrected chi connectivity index (χ1v) is 12.2. The number of rotatable bonds is 9. The Hall–Kier alpha value is -0.273. The fourth-order valence-corrected chi connectivity index (χ4v) is 6.52. The topological polar surface area (TPSA) is 52.4 Å². The number of nitro groups is 1. The van der Waals surface area contributed by atoms with E-state index in [1.54, 1.807) is 12.1 Å². The highest BCUT2D eigenvalue weighted by Crippen LogP contribution is 2.36. The van der Waals surface area contributed by atoms with Gasteiger partial charge in [-0.05, 0) is 36.5 Å². The molecule has 0 fully saturated rings. The molecule has 0 aromatic heterocycles. The van der Waals surface area contributed by atoms with E-state index in [4.69, 9.17) is 27.6 Å². The van der Waals surface area contributed by atoms with Gasteiger partial charge >= 0.3 is 0 Å². The van der Waals surface area contributed by atoms with Gasteiger partial charge in [0.1, 0.15) is 6.61 Å². The van der Waals surface area contributed by atoms with Gasteiger partial charge in [0.15, 0.2) is 8.32 Å². The molecule has 0 aliphatic heterocycles. The van der Waals surface area contributed by atoms with Crippen molar-refractivity contribution in [3.63, 3.8) is 0 Å². The second kappa shape index (κ2) is 9.27. The van der Waals surface area contributed by atoms with Crippen LogP contribution in [0.1, 0.15) is 32.4 Å². The Morgan fingerprint density at radius 3 is 2.04 bits per heavy atom. The lowest BCUT2D eigenvalue weighted by Crippen LogP contribution is -2.38. The highest BCUT2D eigenvalue weighted by atomic mass is 35.5. The van der Waals surface area contributed by atoms with Crippen LogP contribution in [0.2, 0.25) is 28.2 Å². The largest absolute Gasteiger partial charge is 0.409 e. The van der Waals surface area contributed by atoms with Gasteiger partial charge in [0.05, 0.1) is 15.6 Å².